The van der Waals surface area contributed by atoms with Gasteiger partial charge in [0.25, 0.3) is 0 Å². The Balaban J connectivity index is 2.02. The molecular formula is C14H19NO4S. The topological polar surface area (TPSA) is 63.7 Å². The van der Waals surface area contributed by atoms with Crippen LogP contribution >= 0.6 is 0 Å². The zero-order valence-corrected chi connectivity index (χ0v) is 12.3. The van der Waals surface area contributed by atoms with Crippen molar-refractivity contribution >= 4 is 16.0 Å². The molecule has 0 N–H and O–H groups in total. The van der Waals surface area contributed by atoms with Gasteiger partial charge in [-0.3, -0.25) is 4.79 Å². The lowest BCUT2D eigenvalue weighted by Crippen LogP contribution is -2.40. The van der Waals surface area contributed by atoms with Crippen LogP contribution in [-0.2, 0) is 19.6 Å². The smallest absolute Gasteiger partial charge is 0.309 e. The number of nitrogens with zero attached hydrogens (tertiary/aromatic N) is 1. The van der Waals surface area contributed by atoms with Crippen LogP contribution in [0, 0.1) is 5.92 Å². The first-order chi connectivity index (χ1) is 9.55. The summed E-state index contributed by atoms with van der Waals surface area (Å²) < 4.78 is 31.2. The molecule has 5 nitrogen and oxygen atoms in total. The van der Waals surface area contributed by atoms with Crippen molar-refractivity contribution in [2.24, 2.45) is 5.92 Å². The Hall–Kier alpha value is -1.40. The lowest BCUT2D eigenvalue weighted by atomic mass is 9.98. The van der Waals surface area contributed by atoms with E-state index in [1.165, 1.54) is 4.31 Å². The van der Waals surface area contributed by atoms with Gasteiger partial charge < -0.3 is 4.74 Å². The summed E-state index contributed by atoms with van der Waals surface area (Å²) >= 11 is 0. The monoisotopic (exact) mass is 297 g/mol. The second-order valence-electron chi connectivity index (χ2n) is 4.74. The molecule has 1 fully saturated rings. The molecule has 0 radical (unpaired) electrons. The van der Waals surface area contributed by atoms with Gasteiger partial charge in [0, 0.05) is 13.1 Å². The first-order valence-corrected chi connectivity index (χ1v) is 8.21. The minimum Gasteiger partial charge on any atom is -0.466 e. The summed E-state index contributed by atoms with van der Waals surface area (Å²) in [5.41, 5.74) is 0. The highest BCUT2D eigenvalue weighted by Gasteiger charge is 2.32. The van der Waals surface area contributed by atoms with Crippen LogP contribution in [0.2, 0.25) is 0 Å². The maximum atomic E-state index is 12.4. The number of piperidine rings is 1. The van der Waals surface area contributed by atoms with Gasteiger partial charge in [-0.15, -0.1) is 0 Å². The molecule has 0 saturated carbocycles. The Kier molecular flexibility index (Phi) is 4.77. The second kappa shape index (κ2) is 6.37. The molecule has 0 aliphatic carbocycles. The fourth-order valence-corrected chi connectivity index (χ4v) is 3.82. The SMILES string of the molecule is CCOC(=O)C1CCN(S(=O)(=O)c2ccccc2)CC1. The second-order valence-corrected chi connectivity index (χ2v) is 6.68. The molecule has 20 heavy (non-hydrogen) atoms. The first-order valence-electron chi connectivity index (χ1n) is 6.77. The number of benzene rings is 1. The van der Waals surface area contributed by atoms with E-state index in [2.05, 4.69) is 0 Å². The number of hydrogen-bond donors (Lipinski definition) is 0. The van der Waals surface area contributed by atoms with Gasteiger partial charge in [0.2, 0.25) is 10.0 Å². The van der Waals surface area contributed by atoms with Gasteiger partial charge in [-0.05, 0) is 31.9 Å². The normalized spacial score (nSPS) is 17.9. The number of carbonyl (C=O) groups is 1. The number of carbonyl (C=O) groups excluding carboxylic acids is 1. The van der Waals surface area contributed by atoms with Crippen LogP contribution < -0.4 is 0 Å². The highest BCUT2D eigenvalue weighted by molar-refractivity contribution is 7.89. The van der Waals surface area contributed by atoms with Gasteiger partial charge >= 0.3 is 5.97 Å². The van der Waals surface area contributed by atoms with Crippen molar-refractivity contribution in [2.75, 3.05) is 19.7 Å². The number of rotatable bonds is 4. The first kappa shape index (κ1) is 15.0. The quantitative estimate of drug-likeness (QED) is 0.793. The predicted molar refractivity (Wildman–Crippen MR) is 74.6 cm³/mol. The van der Waals surface area contributed by atoms with Gasteiger partial charge in [0.15, 0.2) is 0 Å². The van der Waals surface area contributed by atoms with Crippen LogP contribution in [-0.4, -0.2) is 38.4 Å². The summed E-state index contributed by atoms with van der Waals surface area (Å²) in [6.07, 6.45) is 1.04. The summed E-state index contributed by atoms with van der Waals surface area (Å²) in [4.78, 5) is 11.9. The molecule has 1 aliphatic rings. The summed E-state index contributed by atoms with van der Waals surface area (Å²) in [6, 6.07) is 8.38. The average molecular weight is 297 g/mol. The van der Waals surface area contributed by atoms with Crippen LogP contribution in [0.5, 0.6) is 0 Å². The van der Waals surface area contributed by atoms with Gasteiger partial charge in [-0.25, -0.2) is 8.42 Å². The van der Waals surface area contributed by atoms with E-state index in [0.717, 1.165) is 0 Å². The molecule has 0 bridgehead atoms. The average Bonchev–Trinajstić information content (AvgIpc) is 2.48. The number of sulfonamides is 1. The van der Waals surface area contributed by atoms with Gasteiger partial charge in [0.05, 0.1) is 17.4 Å². The van der Waals surface area contributed by atoms with Crippen LogP contribution in [0.25, 0.3) is 0 Å². The van der Waals surface area contributed by atoms with Crippen molar-refractivity contribution in [3.63, 3.8) is 0 Å². The Morgan fingerprint density at radius 3 is 2.40 bits per heavy atom. The molecule has 0 spiro atoms. The van der Waals surface area contributed by atoms with E-state index in [0.29, 0.717) is 37.4 Å². The Morgan fingerprint density at radius 1 is 1.25 bits per heavy atom. The number of esters is 1. The Labute approximate surface area is 119 Å². The van der Waals surface area contributed by atoms with Gasteiger partial charge in [-0.2, -0.15) is 4.31 Å². The molecular weight excluding hydrogens is 278 g/mol. The highest BCUT2D eigenvalue weighted by atomic mass is 32.2. The lowest BCUT2D eigenvalue weighted by molar-refractivity contribution is -0.149. The van der Waals surface area contributed by atoms with E-state index in [1.807, 2.05) is 0 Å². The maximum absolute atomic E-state index is 12.4. The summed E-state index contributed by atoms with van der Waals surface area (Å²) in [7, 11) is -3.44. The third-order valence-corrected chi connectivity index (χ3v) is 5.37. The van der Waals surface area contributed by atoms with E-state index in [1.54, 1.807) is 37.3 Å². The van der Waals surface area contributed by atoms with Gasteiger partial charge in [0.1, 0.15) is 0 Å². The molecule has 1 saturated heterocycles. The van der Waals surface area contributed by atoms with Gasteiger partial charge in [-0.1, -0.05) is 18.2 Å². The molecule has 1 aliphatic heterocycles. The summed E-state index contributed by atoms with van der Waals surface area (Å²) in [6.45, 7) is 2.86. The summed E-state index contributed by atoms with van der Waals surface area (Å²) in [5.74, 6) is -0.401. The van der Waals surface area contributed by atoms with E-state index < -0.39 is 10.0 Å². The van der Waals surface area contributed by atoms with Crippen molar-refractivity contribution in [1.29, 1.82) is 0 Å². The fourth-order valence-electron chi connectivity index (χ4n) is 2.33. The van der Waals surface area contributed by atoms with E-state index in [4.69, 9.17) is 4.74 Å². The minimum absolute atomic E-state index is 0.183. The zero-order chi connectivity index (χ0) is 14.6. The molecule has 0 amide bonds. The molecule has 1 aromatic rings. The van der Waals surface area contributed by atoms with E-state index >= 15 is 0 Å². The van der Waals surface area contributed by atoms with Crippen LogP contribution in [0.1, 0.15) is 19.8 Å². The Morgan fingerprint density at radius 2 is 1.85 bits per heavy atom. The third-order valence-electron chi connectivity index (χ3n) is 3.45. The summed E-state index contributed by atoms with van der Waals surface area (Å²) in [5, 5.41) is 0. The molecule has 1 aromatic carbocycles. The molecule has 0 atom stereocenters. The van der Waals surface area contributed by atoms with E-state index in [-0.39, 0.29) is 11.9 Å². The molecule has 6 heteroatoms. The fraction of sp³-hybridized carbons (Fsp3) is 0.500. The molecule has 0 aromatic heterocycles. The van der Waals surface area contributed by atoms with Crippen molar-refractivity contribution in [3.05, 3.63) is 30.3 Å². The third kappa shape index (κ3) is 3.19. The van der Waals surface area contributed by atoms with Crippen molar-refractivity contribution < 1.29 is 17.9 Å². The highest BCUT2D eigenvalue weighted by Crippen LogP contribution is 2.24. The lowest BCUT2D eigenvalue weighted by Gasteiger charge is -2.30. The Bertz CT molecular complexity index is 548. The molecule has 2 rings (SSSR count). The number of hydrogen-bond acceptors (Lipinski definition) is 4. The zero-order valence-electron chi connectivity index (χ0n) is 11.5. The molecule has 1 heterocycles. The minimum atomic E-state index is -3.44. The van der Waals surface area contributed by atoms with Crippen molar-refractivity contribution in [2.45, 2.75) is 24.7 Å². The number of ether oxygens (including phenoxy) is 1. The molecule has 110 valence electrons. The predicted octanol–water partition coefficient (Wildman–Crippen LogP) is 1.65. The van der Waals surface area contributed by atoms with Crippen molar-refractivity contribution in [1.82, 2.24) is 4.31 Å². The molecule has 0 unspecified atom stereocenters. The van der Waals surface area contributed by atoms with Crippen LogP contribution in [0.15, 0.2) is 35.2 Å². The van der Waals surface area contributed by atoms with Crippen LogP contribution in [0.3, 0.4) is 0 Å². The van der Waals surface area contributed by atoms with Crippen molar-refractivity contribution in [3.8, 4) is 0 Å². The van der Waals surface area contributed by atoms with Crippen LogP contribution in [0.4, 0.5) is 0 Å². The maximum Gasteiger partial charge on any atom is 0.309 e. The largest absolute Gasteiger partial charge is 0.466 e. The van der Waals surface area contributed by atoms with E-state index in [9.17, 15) is 13.2 Å². The standard InChI is InChI=1S/C14H19NO4S/c1-2-19-14(16)12-8-10-15(11-9-12)20(17,18)13-6-4-3-5-7-13/h3-7,12H,2,8-11H2,1H3.